The molecule has 0 saturated carbocycles. The summed E-state index contributed by atoms with van der Waals surface area (Å²) in [6.07, 6.45) is 1.57. The molecule has 0 radical (unpaired) electrons. The molecule has 0 bridgehead atoms. The average molecular weight is 241 g/mol. The molecule has 0 atom stereocenters. The Hall–Kier alpha value is -0.0900. The van der Waals surface area contributed by atoms with Gasteiger partial charge in [-0.15, -0.1) is 0 Å². The van der Waals surface area contributed by atoms with Crippen LogP contribution >= 0.6 is 34.8 Å². The molecule has 0 aliphatic rings. The first kappa shape index (κ1) is 11.0. The van der Waals surface area contributed by atoms with Crippen molar-refractivity contribution < 1.29 is 0 Å². The van der Waals surface area contributed by atoms with Crippen LogP contribution in [0.2, 0.25) is 0 Å². The highest BCUT2D eigenvalue weighted by Gasteiger charge is 2.26. The van der Waals surface area contributed by atoms with Gasteiger partial charge in [0.05, 0.1) is 0 Å². The van der Waals surface area contributed by atoms with Gasteiger partial charge >= 0.3 is 0 Å². The van der Waals surface area contributed by atoms with Crippen LogP contribution in [-0.4, -0.2) is 9.97 Å². The Morgan fingerprint density at radius 1 is 1.46 bits per heavy atom. The van der Waals surface area contributed by atoms with Crippen LogP contribution in [0.5, 0.6) is 0 Å². The van der Waals surface area contributed by atoms with E-state index in [2.05, 4.69) is 9.97 Å². The fourth-order valence-electron chi connectivity index (χ4n) is 0.829. The third-order valence-electron chi connectivity index (χ3n) is 1.55. The predicted molar refractivity (Wildman–Crippen MR) is 53.9 cm³/mol. The van der Waals surface area contributed by atoms with Crippen LogP contribution in [0.25, 0.3) is 0 Å². The summed E-state index contributed by atoms with van der Waals surface area (Å²) in [6, 6.07) is 0. The molecule has 6 heteroatoms. The van der Waals surface area contributed by atoms with Crippen molar-refractivity contribution in [1.29, 1.82) is 0 Å². The summed E-state index contributed by atoms with van der Waals surface area (Å²) < 4.78 is -1.57. The summed E-state index contributed by atoms with van der Waals surface area (Å²) in [5.74, 6) is 0.173. The second-order valence-electron chi connectivity index (χ2n) is 2.51. The number of hydrogen-bond donors (Lipinski definition) is 1. The number of alkyl halides is 3. The highest BCUT2D eigenvalue weighted by Crippen LogP contribution is 2.35. The van der Waals surface area contributed by atoms with Gasteiger partial charge < -0.3 is 5.73 Å². The molecule has 0 unspecified atom stereocenters. The molecule has 0 amide bonds. The molecule has 1 rings (SSSR count). The van der Waals surface area contributed by atoms with Crippen molar-refractivity contribution >= 4 is 34.8 Å². The Morgan fingerprint density at radius 3 is 2.46 bits per heavy atom. The quantitative estimate of drug-likeness (QED) is 0.765. The highest BCUT2D eigenvalue weighted by molar-refractivity contribution is 6.66. The van der Waals surface area contributed by atoms with Gasteiger partial charge in [0, 0.05) is 24.0 Å². The fraction of sp³-hybridized carbons (Fsp3) is 0.429. The van der Waals surface area contributed by atoms with Gasteiger partial charge in [-0.1, -0.05) is 34.8 Å². The number of halogens is 3. The minimum atomic E-state index is -1.57. The van der Waals surface area contributed by atoms with Gasteiger partial charge in [-0.3, -0.25) is 0 Å². The van der Waals surface area contributed by atoms with Crippen molar-refractivity contribution in [3.63, 3.8) is 0 Å². The SMILES string of the molecule is Cc1nc(C(Cl)(Cl)Cl)ncc1CN. The highest BCUT2D eigenvalue weighted by atomic mass is 35.6. The van der Waals surface area contributed by atoms with Crippen molar-refractivity contribution in [1.82, 2.24) is 9.97 Å². The van der Waals surface area contributed by atoms with Crippen molar-refractivity contribution in [3.8, 4) is 0 Å². The maximum absolute atomic E-state index is 5.60. The summed E-state index contributed by atoms with van der Waals surface area (Å²) in [5.41, 5.74) is 7.01. The third kappa shape index (κ3) is 2.68. The van der Waals surface area contributed by atoms with E-state index >= 15 is 0 Å². The van der Waals surface area contributed by atoms with E-state index in [1.54, 1.807) is 13.1 Å². The molecule has 3 nitrogen and oxygen atoms in total. The first-order valence-electron chi connectivity index (χ1n) is 3.55. The number of aryl methyl sites for hydroxylation is 1. The van der Waals surface area contributed by atoms with Gasteiger partial charge in [0.2, 0.25) is 3.79 Å². The maximum atomic E-state index is 5.60. The first-order chi connectivity index (χ1) is 5.95. The van der Waals surface area contributed by atoms with E-state index in [-0.39, 0.29) is 5.82 Å². The van der Waals surface area contributed by atoms with E-state index in [9.17, 15) is 0 Å². The summed E-state index contributed by atoms with van der Waals surface area (Å²) in [4.78, 5) is 7.92. The largest absolute Gasteiger partial charge is 0.326 e. The third-order valence-corrected chi connectivity index (χ3v) is 2.06. The molecule has 1 heterocycles. The Balaban J connectivity index is 3.10. The van der Waals surface area contributed by atoms with E-state index in [0.29, 0.717) is 6.54 Å². The molecule has 0 saturated heterocycles. The summed E-state index contributed by atoms with van der Waals surface area (Å²) in [7, 11) is 0. The first-order valence-corrected chi connectivity index (χ1v) is 4.68. The number of hydrogen-bond acceptors (Lipinski definition) is 3. The van der Waals surface area contributed by atoms with E-state index in [0.717, 1.165) is 11.3 Å². The molecule has 72 valence electrons. The molecule has 0 fully saturated rings. The molecule has 1 aromatic heterocycles. The Morgan fingerprint density at radius 2 is 2.08 bits per heavy atom. The molecule has 0 aliphatic carbocycles. The van der Waals surface area contributed by atoms with Gasteiger partial charge in [-0.05, 0) is 6.92 Å². The molecular formula is C7H8Cl3N3. The fourth-order valence-corrected chi connectivity index (χ4v) is 1.10. The molecule has 13 heavy (non-hydrogen) atoms. The minimum Gasteiger partial charge on any atom is -0.326 e. The van der Waals surface area contributed by atoms with Gasteiger partial charge in [0.1, 0.15) is 0 Å². The number of aromatic nitrogens is 2. The van der Waals surface area contributed by atoms with Crippen LogP contribution in [0.15, 0.2) is 6.20 Å². The lowest BCUT2D eigenvalue weighted by Crippen LogP contribution is -2.11. The second kappa shape index (κ2) is 3.96. The van der Waals surface area contributed by atoms with Crippen LogP contribution in [0.4, 0.5) is 0 Å². The lowest BCUT2D eigenvalue weighted by atomic mass is 10.2. The molecule has 0 spiro atoms. The van der Waals surface area contributed by atoms with Crippen molar-refractivity contribution in [3.05, 3.63) is 23.3 Å². The lowest BCUT2D eigenvalue weighted by molar-refractivity contribution is 0.893. The smallest absolute Gasteiger partial charge is 0.250 e. The van der Waals surface area contributed by atoms with E-state index < -0.39 is 3.79 Å². The van der Waals surface area contributed by atoms with Crippen molar-refractivity contribution in [2.45, 2.75) is 17.3 Å². The Kier molecular flexibility index (Phi) is 3.35. The van der Waals surface area contributed by atoms with Gasteiger partial charge in [-0.25, -0.2) is 9.97 Å². The zero-order valence-corrected chi connectivity index (χ0v) is 9.16. The van der Waals surface area contributed by atoms with Crippen LogP contribution in [0.3, 0.4) is 0 Å². The van der Waals surface area contributed by atoms with Gasteiger partial charge in [0.25, 0.3) is 0 Å². The van der Waals surface area contributed by atoms with E-state index in [1.807, 2.05) is 0 Å². The summed E-state index contributed by atoms with van der Waals surface area (Å²) >= 11 is 16.8. The number of rotatable bonds is 1. The summed E-state index contributed by atoms with van der Waals surface area (Å²) in [5, 5.41) is 0. The average Bonchev–Trinajstić information content (AvgIpc) is 2.02. The maximum Gasteiger partial charge on any atom is 0.250 e. The predicted octanol–water partition coefficient (Wildman–Crippen LogP) is 2.07. The zero-order valence-electron chi connectivity index (χ0n) is 6.89. The van der Waals surface area contributed by atoms with E-state index in [1.165, 1.54) is 0 Å². The standard InChI is InChI=1S/C7H8Cl3N3/c1-4-5(2-11)3-12-6(13-4)7(8,9)10/h3H,2,11H2,1H3. The second-order valence-corrected chi connectivity index (χ2v) is 4.79. The lowest BCUT2D eigenvalue weighted by Gasteiger charge is -2.10. The van der Waals surface area contributed by atoms with Crippen LogP contribution < -0.4 is 5.73 Å². The molecular weight excluding hydrogens is 232 g/mol. The molecule has 1 aromatic rings. The van der Waals surface area contributed by atoms with Gasteiger partial charge in [-0.2, -0.15) is 0 Å². The number of nitrogens with zero attached hydrogens (tertiary/aromatic N) is 2. The normalized spacial score (nSPS) is 11.8. The number of nitrogens with two attached hydrogens (primary N) is 1. The topological polar surface area (TPSA) is 51.8 Å². The van der Waals surface area contributed by atoms with Crippen molar-refractivity contribution in [2.75, 3.05) is 0 Å². The molecule has 0 aromatic carbocycles. The van der Waals surface area contributed by atoms with Crippen LogP contribution in [-0.2, 0) is 10.3 Å². The minimum absolute atomic E-state index is 0.173. The zero-order chi connectivity index (χ0) is 10.1. The van der Waals surface area contributed by atoms with E-state index in [4.69, 9.17) is 40.5 Å². The summed E-state index contributed by atoms with van der Waals surface area (Å²) in [6.45, 7) is 2.18. The van der Waals surface area contributed by atoms with Crippen LogP contribution in [0, 0.1) is 6.92 Å². The Labute approximate surface area is 91.2 Å². The van der Waals surface area contributed by atoms with Crippen LogP contribution in [0.1, 0.15) is 17.1 Å². The molecule has 0 aliphatic heterocycles. The van der Waals surface area contributed by atoms with Crippen molar-refractivity contribution in [2.24, 2.45) is 5.73 Å². The monoisotopic (exact) mass is 239 g/mol. The molecule has 2 N–H and O–H groups in total. The Bertz CT molecular complexity index is 308. The van der Waals surface area contributed by atoms with Gasteiger partial charge in [0.15, 0.2) is 5.82 Å².